The van der Waals surface area contributed by atoms with Gasteiger partial charge in [0.05, 0.1) is 18.8 Å². The summed E-state index contributed by atoms with van der Waals surface area (Å²) in [6, 6.07) is -0.433. The van der Waals surface area contributed by atoms with Crippen molar-refractivity contribution in [1.82, 2.24) is 9.78 Å². The molecule has 0 radical (unpaired) electrons. The van der Waals surface area contributed by atoms with E-state index in [1.807, 2.05) is 6.92 Å². The van der Waals surface area contributed by atoms with Gasteiger partial charge in [0.2, 0.25) is 0 Å². The van der Waals surface area contributed by atoms with Gasteiger partial charge in [0.25, 0.3) is 0 Å². The second-order valence-corrected chi connectivity index (χ2v) is 2.85. The van der Waals surface area contributed by atoms with Crippen molar-refractivity contribution in [2.24, 2.45) is 5.73 Å². The summed E-state index contributed by atoms with van der Waals surface area (Å²) < 4.78 is 1.63. The quantitative estimate of drug-likeness (QED) is 0.730. The Labute approximate surface area is 75.9 Å². The number of aryl methyl sites for hydroxylation is 1. The van der Waals surface area contributed by atoms with Gasteiger partial charge >= 0.3 is 0 Å². The van der Waals surface area contributed by atoms with Gasteiger partial charge in [-0.05, 0) is 6.92 Å². The van der Waals surface area contributed by atoms with E-state index in [1.165, 1.54) is 0 Å². The Kier molecular flexibility index (Phi) is 3.08. The monoisotopic (exact) mass is 189 g/mol. The lowest BCUT2D eigenvalue weighted by Crippen LogP contribution is -2.14. The number of aromatic nitrogens is 2. The molecule has 0 spiro atoms. The van der Waals surface area contributed by atoms with Crippen LogP contribution in [0.1, 0.15) is 18.5 Å². The average molecular weight is 190 g/mol. The molecule has 0 amide bonds. The maximum atomic E-state index is 8.77. The fourth-order valence-electron chi connectivity index (χ4n) is 0.952. The molecule has 1 aromatic heterocycles. The molecule has 1 rings (SSSR count). The van der Waals surface area contributed by atoms with Crippen LogP contribution in [0.5, 0.6) is 0 Å². The van der Waals surface area contributed by atoms with E-state index in [2.05, 4.69) is 5.10 Å². The van der Waals surface area contributed by atoms with Crippen LogP contribution in [0.15, 0.2) is 6.20 Å². The molecule has 0 saturated heterocycles. The van der Waals surface area contributed by atoms with Gasteiger partial charge in [-0.3, -0.25) is 4.68 Å². The van der Waals surface area contributed by atoms with Crippen LogP contribution in [0, 0.1) is 0 Å². The first kappa shape index (κ1) is 9.51. The molecule has 0 bridgehead atoms. The molecule has 1 aromatic rings. The number of nitrogens with two attached hydrogens (primary N) is 1. The van der Waals surface area contributed by atoms with Crippen LogP contribution in [-0.2, 0) is 6.54 Å². The van der Waals surface area contributed by atoms with Gasteiger partial charge in [0, 0.05) is 12.1 Å². The number of halogens is 1. The topological polar surface area (TPSA) is 64.1 Å². The SMILES string of the molecule is CCn1ncc(C(N)CO)c1Cl. The van der Waals surface area contributed by atoms with E-state index < -0.39 is 6.04 Å². The van der Waals surface area contributed by atoms with E-state index in [0.717, 1.165) is 0 Å². The summed E-state index contributed by atoms with van der Waals surface area (Å²) in [6.45, 7) is 2.53. The average Bonchev–Trinajstić information content (AvgIpc) is 2.45. The first-order chi connectivity index (χ1) is 5.70. The lowest BCUT2D eigenvalue weighted by molar-refractivity contribution is 0.268. The highest BCUT2D eigenvalue weighted by molar-refractivity contribution is 6.30. The highest BCUT2D eigenvalue weighted by Gasteiger charge is 2.13. The van der Waals surface area contributed by atoms with Gasteiger partial charge in [-0.1, -0.05) is 11.6 Å². The maximum Gasteiger partial charge on any atom is 0.131 e. The van der Waals surface area contributed by atoms with E-state index in [9.17, 15) is 0 Å². The minimum atomic E-state index is -0.433. The summed E-state index contributed by atoms with van der Waals surface area (Å²) >= 11 is 5.91. The highest BCUT2D eigenvalue weighted by Crippen LogP contribution is 2.20. The van der Waals surface area contributed by atoms with Gasteiger partial charge in [0.1, 0.15) is 5.15 Å². The molecule has 0 fully saturated rings. The molecule has 0 aliphatic heterocycles. The molecule has 5 heteroatoms. The first-order valence-electron chi connectivity index (χ1n) is 3.78. The Balaban J connectivity index is 2.93. The molecule has 1 atom stereocenters. The van der Waals surface area contributed by atoms with Crippen LogP contribution >= 0.6 is 11.6 Å². The van der Waals surface area contributed by atoms with Gasteiger partial charge in [-0.2, -0.15) is 5.10 Å². The fraction of sp³-hybridized carbons (Fsp3) is 0.571. The van der Waals surface area contributed by atoms with Gasteiger partial charge in [-0.15, -0.1) is 0 Å². The molecule has 1 heterocycles. The number of rotatable bonds is 3. The fourth-order valence-corrected chi connectivity index (χ4v) is 1.30. The second kappa shape index (κ2) is 3.89. The normalized spacial score (nSPS) is 13.3. The van der Waals surface area contributed by atoms with Crippen LogP contribution in [0.25, 0.3) is 0 Å². The molecule has 0 aliphatic rings. The summed E-state index contributed by atoms with van der Waals surface area (Å²) in [7, 11) is 0. The predicted octanol–water partition coefficient (Wildman–Crippen LogP) is 0.549. The standard InChI is InChI=1S/C7H12ClN3O/c1-2-11-7(8)5(3-10-11)6(9)4-12/h3,6,12H,2,4,9H2,1H3. The minimum absolute atomic E-state index is 0.116. The van der Waals surface area contributed by atoms with E-state index in [4.69, 9.17) is 22.4 Å². The molecule has 0 saturated carbocycles. The smallest absolute Gasteiger partial charge is 0.131 e. The van der Waals surface area contributed by atoms with E-state index in [1.54, 1.807) is 10.9 Å². The first-order valence-corrected chi connectivity index (χ1v) is 4.16. The zero-order valence-corrected chi connectivity index (χ0v) is 7.62. The third-order valence-electron chi connectivity index (χ3n) is 1.70. The molecule has 68 valence electrons. The van der Waals surface area contributed by atoms with Crippen molar-refractivity contribution < 1.29 is 5.11 Å². The number of nitrogens with zero attached hydrogens (tertiary/aromatic N) is 2. The molecule has 0 aromatic carbocycles. The van der Waals surface area contributed by atoms with Crippen LogP contribution in [0.2, 0.25) is 5.15 Å². The number of hydrogen-bond acceptors (Lipinski definition) is 3. The van der Waals surface area contributed by atoms with E-state index in [-0.39, 0.29) is 6.61 Å². The van der Waals surface area contributed by atoms with Gasteiger partial charge < -0.3 is 10.8 Å². The third kappa shape index (κ3) is 1.60. The summed E-state index contributed by atoms with van der Waals surface area (Å²) in [4.78, 5) is 0. The van der Waals surface area contributed by atoms with Crippen molar-refractivity contribution in [3.63, 3.8) is 0 Å². The predicted molar refractivity (Wildman–Crippen MR) is 46.9 cm³/mol. The Morgan fingerprint density at radius 1 is 1.83 bits per heavy atom. The van der Waals surface area contributed by atoms with Crippen molar-refractivity contribution in [2.75, 3.05) is 6.61 Å². The lowest BCUT2D eigenvalue weighted by atomic mass is 10.2. The van der Waals surface area contributed by atoms with Gasteiger partial charge in [-0.25, -0.2) is 0 Å². The zero-order chi connectivity index (χ0) is 9.14. The minimum Gasteiger partial charge on any atom is -0.394 e. The molecule has 1 unspecified atom stereocenters. The summed E-state index contributed by atoms with van der Waals surface area (Å²) in [5, 5.41) is 13.3. The van der Waals surface area contributed by atoms with Crippen molar-refractivity contribution in [1.29, 1.82) is 0 Å². The molecular weight excluding hydrogens is 178 g/mol. The van der Waals surface area contributed by atoms with Crippen LogP contribution in [-0.4, -0.2) is 21.5 Å². The Bertz CT molecular complexity index is 261. The summed E-state index contributed by atoms with van der Waals surface area (Å²) in [5.74, 6) is 0. The van der Waals surface area contributed by atoms with Crippen molar-refractivity contribution in [3.05, 3.63) is 16.9 Å². The Morgan fingerprint density at radius 2 is 2.50 bits per heavy atom. The molecule has 12 heavy (non-hydrogen) atoms. The molecule has 4 nitrogen and oxygen atoms in total. The van der Waals surface area contributed by atoms with Crippen LogP contribution < -0.4 is 5.73 Å². The summed E-state index contributed by atoms with van der Waals surface area (Å²) in [6.07, 6.45) is 1.59. The number of aliphatic hydroxyl groups is 1. The summed E-state index contributed by atoms with van der Waals surface area (Å²) in [5.41, 5.74) is 6.27. The van der Waals surface area contributed by atoms with Crippen molar-refractivity contribution >= 4 is 11.6 Å². The maximum absolute atomic E-state index is 8.77. The largest absolute Gasteiger partial charge is 0.394 e. The van der Waals surface area contributed by atoms with E-state index in [0.29, 0.717) is 17.3 Å². The Hall–Kier alpha value is -0.580. The van der Waals surface area contributed by atoms with Crippen LogP contribution in [0.4, 0.5) is 0 Å². The van der Waals surface area contributed by atoms with Gasteiger partial charge in [0.15, 0.2) is 0 Å². The number of hydrogen-bond donors (Lipinski definition) is 2. The highest BCUT2D eigenvalue weighted by atomic mass is 35.5. The lowest BCUT2D eigenvalue weighted by Gasteiger charge is -2.05. The van der Waals surface area contributed by atoms with E-state index >= 15 is 0 Å². The number of aliphatic hydroxyl groups excluding tert-OH is 1. The molecule has 0 aliphatic carbocycles. The third-order valence-corrected chi connectivity index (χ3v) is 2.11. The second-order valence-electron chi connectivity index (χ2n) is 2.50. The zero-order valence-electron chi connectivity index (χ0n) is 6.87. The molecule has 3 N–H and O–H groups in total. The van der Waals surface area contributed by atoms with Crippen LogP contribution in [0.3, 0.4) is 0 Å². The van der Waals surface area contributed by atoms with Crippen molar-refractivity contribution in [2.45, 2.75) is 19.5 Å². The Morgan fingerprint density at radius 3 is 2.92 bits per heavy atom. The molecular formula is C7H12ClN3O. The van der Waals surface area contributed by atoms with Crippen molar-refractivity contribution in [3.8, 4) is 0 Å².